The fraction of sp³-hybridized carbons (Fsp3) is 0.667. The highest BCUT2D eigenvalue weighted by atomic mass is 16.5. The molecule has 28 heavy (non-hydrogen) atoms. The molecule has 0 amide bonds. The smallest absolute Gasteiger partial charge is 0.320 e. The van der Waals surface area contributed by atoms with Crippen LogP contribution < -0.4 is 20.7 Å². The molecule has 1 aromatic rings. The van der Waals surface area contributed by atoms with Gasteiger partial charge < -0.3 is 25.8 Å². The molecule has 0 aliphatic carbocycles. The van der Waals surface area contributed by atoms with Crippen molar-refractivity contribution in [2.24, 2.45) is 0 Å². The molecule has 0 radical (unpaired) electrons. The molecule has 2 rings (SSSR count). The van der Waals surface area contributed by atoms with Crippen LogP contribution in [0.4, 0.5) is 0 Å². The van der Waals surface area contributed by atoms with E-state index in [-0.39, 0.29) is 0 Å². The van der Waals surface area contributed by atoms with Crippen LogP contribution in [0.2, 0.25) is 0 Å². The predicted octanol–water partition coefficient (Wildman–Crippen LogP) is 0.946. The number of aliphatic carboxylic acids is 1. The molecule has 0 spiro atoms. The highest BCUT2D eigenvalue weighted by molar-refractivity contribution is 5.73. The molecular weight excluding hydrogens is 356 g/mol. The Kier molecular flexibility index (Phi) is 10.9. The normalized spacial score (nSPS) is 18.6. The molecule has 0 bridgehead atoms. The Morgan fingerprint density at radius 2 is 1.61 bits per heavy atom. The van der Waals surface area contributed by atoms with Crippen molar-refractivity contribution in [2.75, 3.05) is 59.0 Å². The van der Waals surface area contributed by atoms with Crippen LogP contribution in [0.1, 0.15) is 25.3 Å². The summed E-state index contributed by atoms with van der Waals surface area (Å²) in [6, 6.07) is 7.66. The number of nitrogens with zero attached hydrogens (tertiary/aromatic N) is 1. The van der Waals surface area contributed by atoms with E-state index < -0.39 is 12.0 Å². The monoisotopic (exact) mass is 392 g/mol. The van der Waals surface area contributed by atoms with Crippen molar-refractivity contribution in [3.8, 4) is 5.75 Å². The largest absolute Gasteiger partial charge is 0.494 e. The molecule has 1 fully saturated rings. The summed E-state index contributed by atoms with van der Waals surface area (Å²) in [5.41, 5.74) is 1.22. The van der Waals surface area contributed by atoms with Crippen molar-refractivity contribution in [3.63, 3.8) is 0 Å². The second-order valence-corrected chi connectivity index (χ2v) is 7.11. The number of benzene rings is 1. The van der Waals surface area contributed by atoms with Gasteiger partial charge in [-0.05, 0) is 43.9 Å². The zero-order valence-corrected chi connectivity index (χ0v) is 17.1. The van der Waals surface area contributed by atoms with Crippen molar-refractivity contribution in [1.29, 1.82) is 0 Å². The molecule has 1 heterocycles. The number of rotatable bonds is 8. The lowest BCUT2D eigenvalue weighted by atomic mass is 10.0. The molecule has 4 N–H and O–H groups in total. The van der Waals surface area contributed by atoms with Crippen molar-refractivity contribution in [3.05, 3.63) is 29.8 Å². The molecule has 1 atom stereocenters. The number of ether oxygens (including phenoxy) is 1. The first-order valence-electron chi connectivity index (χ1n) is 10.5. The third-order valence-electron chi connectivity index (χ3n) is 5.01. The van der Waals surface area contributed by atoms with Gasteiger partial charge in [0.2, 0.25) is 0 Å². The SMILES string of the molecule is CCOc1ccc(CCCC(C(=O)O)N2CCNCCNCCNCC2)cc1. The summed E-state index contributed by atoms with van der Waals surface area (Å²) < 4.78 is 5.47. The lowest BCUT2D eigenvalue weighted by Gasteiger charge is -2.29. The van der Waals surface area contributed by atoms with E-state index in [1.54, 1.807) is 0 Å². The second kappa shape index (κ2) is 13.5. The quantitative estimate of drug-likeness (QED) is 0.524. The maximum atomic E-state index is 11.9. The van der Waals surface area contributed by atoms with Crippen molar-refractivity contribution < 1.29 is 14.6 Å². The van der Waals surface area contributed by atoms with Crippen LogP contribution in [0.3, 0.4) is 0 Å². The Morgan fingerprint density at radius 1 is 1.04 bits per heavy atom. The first-order chi connectivity index (χ1) is 13.7. The van der Waals surface area contributed by atoms with Crippen molar-refractivity contribution >= 4 is 5.97 Å². The van der Waals surface area contributed by atoms with E-state index >= 15 is 0 Å². The van der Waals surface area contributed by atoms with E-state index in [1.165, 1.54) is 5.56 Å². The third-order valence-corrected chi connectivity index (χ3v) is 5.01. The number of hydrogen-bond acceptors (Lipinski definition) is 6. The van der Waals surface area contributed by atoms with Gasteiger partial charge in [-0.25, -0.2) is 0 Å². The van der Waals surface area contributed by atoms with Crippen LogP contribution >= 0.6 is 0 Å². The van der Waals surface area contributed by atoms with E-state index in [2.05, 4.69) is 33.0 Å². The van der Waals surface area contributed by atoms with Crippen LogP contribution in [0.15, 0.2) is 24.3 Å². The Labute approximate surface area is 168 Å². The number of hydrogen-bond donors (Lipinski definition) is 4. The van der Waals surface area contributed by atoms with E-state index in [1.807, 2.05) is 19.1 Å². The van der Waals surface area contributed by atoms with E-state index in [4.69, 9.17) is 4.74 Å². The van der Waals surface area contributed by atoms with Gasteiger partial charge in [0.05, 0.1) is 6.61 Å². The predicted molar refractivity (Wildman–Crippen MR) is 112 cm³/mol. The van der Waals surface area contributed by atoms with Gasteiger partial charge in [-0.15, -0.1) is 0 Å². The van der Waals surface area contributed by atoms with E-state index in [0.717, 1.165) is 70.9 Å². The Morgan fingerprint density at radius 3 is 2.14 bits per heavy atom. The Hall–Kier alpha value is -1.67. The molecule has 1 aliphatic rings. The van der Waals surface area contributed by atoms with Gasteiger partial charge in [-0.1, -0.05) is 12.1 Å². The Balaban J connectivity index is 1.85. The molecule has 7 nitrogen and oxygen atoms in total. The van der Waals surface area contributed by atoms with Crippen LogP contribution in [0.5, 0.6) is 5.75 Å². The maximum Gasteiger partial charge on any atom is 0.320 e. The fourth-order valence-corrected chi connectivity index (χ4v) is 3.48. The van der Waals surface area contributed by atoms with E-state index in [9.17, 15) is 9.90 Å². The van der Waals surface area contributed by atoms with Gasteiger partial charge in [0.25, 0.3) is 0 Å². The van der Waals surface area contributed by atoms with Gasteiger partial charge >= 0.3 is 5.97 Å². The minimum Gasteiger partial charge on any atom is -0.494 e. The van der Waals surface area contributed by atoms with Crippen LogP contribution in [0.25, 0.3) is 0 Å². The second-order valence-electron chi connectivity index (χ2n) is 7.11. The molecule has 158 valence electrons. The van der Waals surface area contributed by atoms with Crippen molar-refractivity contribution in [2.45, 2.75) is 32.2 Å². The first kappa shape index (κ1) is 22.6. The van der Waals surface area contributed by atoms with Gasteiger partial charge in [0.1, 0.15) is 11.8 Å². The molecule has 0 saturated carbocycles. The fourth-order valence-electron chi connectivity index (χ4n) is 3.48. The first-order valence-corrected chi connectivity index (χ1v) is 10.5. The molecular formula is C21H36N4O3. The molecule has 1 saturated heterocycles. The summed E-state index contributed by atoms with van der Waals surface area (Å²) in [7, 11) is 0. The van der Waals surface area contributed by atoms with Crippen LogP contribution in [0, 0.1) is 0 Å². The summed E-state index contributed by atoms with van der Waals surface area (Å²) in [6.45, 7) is 9.44. The molecule has 7 heteroatoms. The molecule has 1 unspecified atom stereocenters. The average Bonchev–Trinajstić information content (AvgIpc) is 2.67. The minimum absolute atomic E-state index is 0.438. The zero-order chi connectivity index (χ0) is 20.0. The summed E-state index contributed by atoms with van der Waals surface area (Å²) >= 11 is 0. The van der Waals surface area contributed by atoms with Crippen LogP contribution in [-0.4, -0.2) is 81.0 Å². The minimum atomic E-state index is -0.722. The number of aryl methyl sites for hydroxylation is 1. The van der Waals surface area contributed by atoms with Crippen molar-refractivity contribution in [1.82, 2.24) is 20.9 Å². The lowest BCUT2D eigenvalue weighted by Crippen LogP contribution is -2.48. The summed E-state index contributed by atoms with van der Waals surface area (Å²) in [4.78, 5) is 14.0. The number of carboxylic acids is 1. The molecule has 0 aromatic heterocycles. The lowest BCUT2D eigenvalue weighted by molar-refractivity contribution is -0.143. The standard InChI is InChI=1S/C21H36N4O3/c1-2-28-19-8-6-18(7-9-19)4-3-5-20(21(26)27)25-16-14-23-12-10-22-11-13-24-15-17-25/h6-9,20,22-24H,2-5,10-17H2,1H3,(H,26,27). The van der Waals surface area contributed by atoms with E-state index in [0.29, 0.717) is 13.0 Å². The van der Waals surface area contributed by atoms with Gasteiger partial charge in [-0.3, -0.25) is 9.69 Å². The number of carbonyl (C=O) groups is 1. The summed E-state index contributed by atoms with van der Waals surface area (Å²) in [5, 5.41) is 20.0. The van der Waals surface area contributed by atoms with Gasteiger partial charge in [0.15, 0.2) is 0 Å². The number of nitrogens with one attached hydrogen (secondary N) is 3. The average molecular weight is 393 g/mol. The maximum absolute atomic E-state index is 11.9. The third kappa shape index (κ3) is 8.56. The zero-order valence-electron chi connectivity index (χ0n) is 17.1. The molecule has 1 aromatic carbocycles. The highest BCUT2D eigenvalue weighted by Crippen LogP contribution is 2.15. The molecule has 1 aliphatic heterocycles. The topological polar surface area (TPSA) is 85.9 Å². The summed E-state index contributed by atoms with van der Waals surface area (Å²) in [5.74, 6) is 0.157. The Bertz CT molecular complexity index is 541. The van der Waals surface area contributed by atoms with Gasteiger partial charge in [0, 0.05) is 52.4 Å². The van der Waals surface area contributed by atoms with Gasteiger partial charge in [-0.2, -0.15) is 0 Å². The number of carboxylic acid groups (broad SMARTS) is 1. The summed E-state index contributed by atoms with van der Waals surface area (Å²) in [6.07, 6.45) is 2.39. The highest BCUT2D eigenvalue weighted by Gasteiger charge is 2.24. The van der Waals surface area contributed by atoms with Crippen LogP contribution in [-0.2, 0) is 11.2 Å².